The smallest absolute Gasteiger partial charge is 0.416 e. The van der Waals surface area contributed by atoms with E-state index in [0.717, 1.165) is 30.3 Å². The van der Waals surface area contributed by atoms with Crippen LogP contribution >= 0.6 is 30.8 Å². The van der Waals surface area contributed by atoms with Crippen LogP contribution in [0, 0.1) is 21.4 Å². The Kier molecular flexibility index (Phi) is 24.2. The number of nitro groups is 1. The van der Waals surface area contributed by atoms with Gasteiger partial charge in [0, 0.05) is 18.7 Å². The molecule has 2 aromatic carbocycles. The number of benzene rings is 2. The number of esters is 2. The number of rotatable bonds is 15. The van der Waals surface area contributed by atoms with Gasteiger partial charge in [-0.15, -0.1) is 0 Å². The fourth-order valence-electron chi connectivity index (χ4n) is 3.57. The highest BCUT2D eigenvalue weighted by Crippen LogP contribution is 2.37. The molecule has 0 bridgehead atoms. The number of nitrogens with one attached hydrogen (secondary N) is 3. The molecule has 0 aliphatic heterocycles. The summed E-state index contributed by atoms with van der Waals surface area (Å²) in [4.78, 5) is 74.0. The monoisotopic (exact) mass is 946 g/mol. The highest BCUT2D eigenvalue weighted by Gasteiger charge is 2.31. The molecule has 0 spiro atoms. The predicted octanol–water partition coefficient (Wildman–Crippen LogP) is 5.50. The minimum Gasteiger partial charge on any atom is -0.778 e. The maximum Gasteiger partial charge on any atom is 0.416 e. The lowest BCUT2D eigenvalue weighted by molar-refractivity contribution is -0.385. The summed E-state index contributed by atoms with van der Waals surface area (Å²) in [7, 11) is -3.71. The minimum atomic E-state index is -4.61. The average Bonchev–Trinajstić information content (AvgIpc) is 3.11. The third kappa shape index (κ3) is 24.1. The third-order valence-corrected chi connectivity index (χ3v) is 7.10. The van der Waals surface area contributed by atoms with E-state index in [4.69, 9.17) is 52.7 Å². The Balaban J connectivity index is 0.000000991. The summed E-state index contributed by atoms with van der Waals surface area (Å²) in [5.74, 6) is -2.86. The molecule has 0 radical (unpaired) electrons. The molecule has 1 aromatic heterocycles. The van der Waals surface area contributed by atoms with Crippen LogP contribution in [-0.4, -0.2) is 104 Å². The normalized spacial score (nSPS) is 12.2. The topological polar surface area (TPSA) is 301 Å². The summed E-state index contributed by atoms with van der Waals surface area (Å²) in [6, 6.07) is 7.46. The molecular weight excluding hydrogens is 903 g/mol. The van der Waals surface area contributed by atoms with E-state index in [1.165, 1.54) is 6.92 Å². The van der Waals surface area contributed by atoms with E-state index in [-0.39, 0.29) is 34.4 Å². The number of nitrogens with zero attached hydrogens (tertiary/aromatic N) is 5. The number of halogens is 5. The fraction of sp³-hybridized carbons (Fsp3) is 0.441. The van der Waals surface area contributed by atoms with Gasteiger partial charge in [0.05, 0.1) is 59.8 Å². The van der Waals surface area contributed by atoms with Crippen molar-refractivity contribution in [2.75, 3.05) is 55.4 Å². The zero-order chi connectivity index (χ0) is 47.3. The van der Waals surface area contributed by atoms with E-state index in [9.17, 15) is 47.1 Å². The van der Waals surface area contributed by atoms with Gasteiger partial charge >= 0.3 is 24.1 Å². The van der Waals surface area contributed by atoms with E-state index in [0.29, 0.717) is 29.5 Å². The SMILES string of the molecule is CCNc1nc(Cl)nc(NC(C)(C)C#N)n1.CCOC(=O)C(C)OC(=O)c1cc(Oc2ccc(C(F)(F)F)cc2Cl)ccc1[N+](=O)[O-].C[S+](C)C.O=C(O)CNCP(=O)([O-])O. The molecule has 3 rings (SSSR count). The Bertz CT molecular complexity index is 2040. The second-order valence-corrected chi connectivity index (χ2v) is 17.3. The van der Waals surface area contributed by atoms with E-state index >= 15 is 0 Å². The first-order valence-corrected chi connectivity index (χ1v) is 22.0. The summed E-state index contributed by atoms with van der Waals surface area (Å²) in [5.41, 5.74) is -2.92. The molecule has 61 heavy (non-hydrogen) atoms. The van der Waals surface area contributed by atoms with E-state index < -0.39 is 77.9 Å². The number of anilines is 2. The lowest BCUT2D eigenvalue weighted by Gasteiger charge is -2.17. The van der Waals surface area contributed by atoms with Crippen LogP contribution in [0.25, 0.3) is 0 Å². The van der Waals surface area contributed by atoms with Gasteiger partial charge in [0.1, 0.15) is 30.2 Å². The first-order valence-electron chi connectivity index (χ1n) is 17.1. The lowest BCUT2D eigenvalue weighted by Crippen LogP contribution is -2.29. The number of ether oxygens (including phenoxy) is 3. The van der Waals surface area contributed by atoms with Gasteiger partial charge in [-0.3, -0.25) is 20.2 Å². The Morgan fingerprint density at radius 2 is 1.66 bits per heavy atom. The lowest BCUT2D eigenvalue weighted by atomic mass is 10.1. The minimum absolute atomic E-state index is 0.0398. The van der Waals surface area contributed by atoms with Gasteiger partial charge in [-0.05, 0) is 81.4 Å². The molecule has 20 nitrogen and oxygen atoms in total. The second kappa shape index (κ2) is 26.3. The first kappa shape index (κ1) is 56.0. The van der Waals surface area contributed by atoms with Crippen molar-refractivity contribution in [1.82, 2.24) is 20.3 Å². The van der Waals surface area contributed by atoms with Gasteiger partial charge in [-0.2, -0.15) is 33.4 Å². The number of hydrogen-bond donors (Lipinski definition) is 5. The molecule has 5 N–H and O–H groups in total. The maximum atomic E-state index is 12.8. The van der Waals surface area contributed by atoms with Gasteiger partial charge in [0.2, 0.25) is 17.2 Å². The van der Waals surface area contributed by atoms with Crippen LogP contribution in [-0.2, 0) is 40.7 Å². The molecule has 3 aromatic rings. The zero-order valence-corrected chi connectivity index (χ0v) is 37.1. The third-order valence-electron chi connectivity index (χ3n) is 6.01. The molecule has 338 valence electrons. The van der Waals surface area contributed by atoms with Crippen LogP contribution in [0.15, 0.2) is 36.4 Å². The molecule has 27 heteroatoms. The summed E-state index contributed by atoms with van der Waals surface area (Å²) < 4.78 is 63.2. The standard InChI is InChI=1S/C19H15ClF3NO7.C9H13ClN6.C3H8NO5P.C3H9S/c1-3-29-17(25)10(2)30-18(26)13-9-12(5-6-15(13)24(27)28)31-16-7-4-11(8-14(16)20)19(21,22)23;1-4-12-7-13-6(10)14-8(15-7)16-9(2,3)5-11;5-3(6)1-4-2-10(7,8)9;1-4(2)3/h4-10H,3H2,1-2H3;4H2,1-3H3,(H2,12,13,14,15,16);4H,1-2H2,(H,5,6)(H2,7,8,9);1-3H3/q;;;+1/p-1. The maximum absolute atomic E-state index is 12.8. The summed E-state index contributed by atoms with van der Waals surface area (Å²) in [6.45, 7) is 8.38. The zero-order valence-electron chi connectivity index (χ0n) is 33.8. The molecule has 1 heterocycles. The molecular formula is C34H44Cl2F3N8O12PS. The van der Waals surface area contributed by atoms with Crippen LogP contribution in [0.4, 0.5) is 30.8 Å². The number of nitriles is 1. The van der Waals surface area contributed by atoms with Crippen LogP contribution in [0.1, 0.15) is 50.5 Å². The number of carbonyl (C=O) groups is 3. The average molecular weight is 948 g/mol. The largest absolute Gasteiger partial charge is 0.778 e. The van der Waals surface area contributed by atoms with Gasteiger partial charge in [-0.1, -0.05) is 11.6 Å². The second-order valence-electron chi connectivity index (χ2n) is 12.5. The summed E-state index contributed by atoms with van der Waals surface area (Å²) in [6.07, 6.45) is -0.0672. The van der Waals surface area contributed by atoms with Crippen LogP contribution < -0.4 is 25.6 Å². The Morgan fingerprint density at radius 1 is 1.07 bits per heavy atom. The first-order chi connectivity index (χ1) is 28.0. The number of aliphatic carboxylic acids is 1. The van der Waals surface area contributed by atoms with Crippen LogP contribution in [0.3, 0.4) is 0 Å². The van der Waals surface area contributed by atoms with Crippen molar-refractivity contribution in [2.24, 2.45) is 0 Å². The number of aromatic nitrogens is 3. The van der Waals surface area contributed by atoms with E-state index in [2.05, 4.69) is 50.4 Å². The van der Waals surface area contributed by atoms with Crippen molar-refractivity contribution in [2.45, 2.75) is 52.4 Å². The molecule has 0 saturated carbocycles. The molecule has 0 aliphatic carbocycles. The summed E-state index contributed by atoms with van der Waals surface area (Å²) >= 11 is 11.6. The molecule has 0 amide bonds. The number of nitro benzene ring substituents is 1. The quantitative estimate of drug-likeness (QED) is 0.0413. The van der Waals surface area contributed by atoms with Gasteiger partial charge < -0.3 is 44.3 Å². The number of carboxylic acid groups (broad SMARTS) is 1. The van der Waals surface area contributed by atoms with Crippen molar-refractivity contribution >= 4 is 77.2 Å². The highest BCUT2D eigenvalue weighted by molar-refractivity contribution is 7.94. The Labute approximate surface area is 361 Å². The fourth-order valence-corrected chi connectivity index (χ4v) is 4.35. The van der Waals surface area contributed by atoms with Crippen molar-refractivity contribution in [3.8, 4) is 17.6 Å². The van der Waals surface area contributed by atoms with Gasteiger partial charge in [0.25, 0.3) is 5.69 Å². The Hall–Kier alpha value is -5.02. The van der Waals surface area contributed by atoms with Gasteiger partial charge in [0.15, 0.2) is 6.10 Å². The van der Waals surface area contributed by atoms with Gasteiger partial charge in [-0.25, -0.2) is 9.59 Å². The van der Waals surface area contributed by atoms with E-state index in [1.54, 1.807) is 20.8 Å². The number of alkyl halides is 3. The summed E-state index contributed by atoms with van der Waals surface area (Å²) in [5, 5.41) is 35.6. The molecule has 0 saturated heterocycles. The molecule has 2 unspecified atom stereocenters. The Morgan fingerprint density at radius 3 is 2.13 bits per heavy atom. The molecule has 0 aliphatic rings. The predicted molar refractivity (Wildman–Crippen MR) is 219 cm³/mol. The molecule has 2 atom stereocenters. The number of hydrogen-bond acceptors (Lipinski definition) is 17. The van der Waals surface area contributed by atoms with Crippen LogP contribution in [0.5, 0.6) is 11.5 Å². The van der Waals surface area contributed by atoms with Crippen LogP contribution in [0.2, 0.25) is 10.3 Å². The van der Waals surface area contributed by atoms with Crippen molar-refractivity contribution in [3.63, 3.8) is 0 Å². The highest BCUT2D eigenvalue weighted by atomic mass is 35.5. The van der Waals surface area contributed by atoms with Crippen molar-refractivity contribution < 1.29 is 66.1 Å². The van der Waals surface area contributed by atoms with E-state index in [1.807, 2.05) is 12.2 Å². The van der Waals surface area contributed by atoms with Crippen molar-refractivity contribution in [3.05, 3.63) is 67.9 Å². The number of carbonyl (C=O) groups excluding carboxylic acids is 2. The number of carboxylic acids is 1. The van der Waals surface area contributed by atoms with Crippen molar-refractivity contribution in [1.29, 1.82) is 5.26 Å². The molecule has 0 fully saturated rings.